The quantitative estimate of drug-likeness (QED) is 0.470. The molecule has 4 saturated heterocycles. The molecule has 2 aromatic heterocycles. The van der Waals surface area contributed by atoms with E-state index in [1.54, 1.807) is 6.20 Å². The van der Waals surface area contributed by atoms with Crippen molar-refractivity contribution >= 4 is 34.4 Å². The van der Waals surface area contributed by atoms with E-state index in [2.05, 4.69) is 17.2 Å². The predicted molar refractivity (Wildman–Crippen MR) is 141 cm³/mol. The zero-order valence-electron chi connectivity index (χ0n) is 21.6. The predicted octanol–water partition coefficient (Wildman–Crippen LogP) is 3.27. The fourth-order valence-electron chi connectivity index (χ4n) is 6.17. The number of aromatic amines is 1. The average Bonchev–Trinajstić information content (AvgIpc) is 3.28. The summed E-state index contributed by atoms with van der Waals surface area (Å²) in [5.41, 5.74) is 2.27. The number of fused-ring (bicyclic) bond motifs is 3. The molecule has 4 fully saturated rings. The smallest absolute Gasteiger partial charge is 0.407 e. The fourth-order valence-corrected chi connectivity index (χ4v) is 6.17. The number of aromatic nitrogens is 3. The molecule has 0 saturated carbocycles. The Labute approximate surface area is 219 Å². The lowest BCUT2D eigenvalue weighted by Crippen LogP contribution is -2.58. The van der Waals surface area contributed by atoms with Crippen molar-refractivity contribution in [1.29, 1.82) is 0 Å². The molecule has 1 aromatic carbocycles. The zero-order chi connectivity index (χ0) is 26.6. The van der Waals surface area contributed by atoms with Crippen LogP contribution in [0, 0.1) is 6.92 Å². The summed E-state index contributed by atoms with van der Waals surface area (Å²) in [7, 11) is 0. The van der Waals surface area contributed by atoms with E-state index < -0.39 is 11.6 Å². The van der Waals surface area contributed by atoms with Gasteiger partial charge in [0.1, 0.15) is 5.39 Å². The van der Waals surface area contributed by atoms with Gasteiger partial charge in [-0.1, -0.05) is 6.92 Å². The molecule has 6 heterocycles. The Kier molecular flexibility index (Phi) is 5.90. The number of nitrogens with zero attached hydrogens (tertiary/aromatic N) is 4. The van der Waals surface area contributed by atoms with Crippen LogP contribution in [0.5, 0.6) is 0 Å². The first kappa shape index (κ1) is 24.5. The number of hydrogen-bond donors (Lipinski definition) is 3. The molecule has 11 nitrogen and oxygen atoms in total. The van der Waals surface area contributed by atoms with Crippen molar-refractivity contribution in [3.8, 4) is 0 Å². The maximum Gasteiger partial charge on any atom is 0.407 e. The number of piperidine rings is 2. The minimum atomic E-state index is -0.915. The monoisotopic (exact) mass is 520 g/mol. The number of rotatable bonds is 5. The van der Waals surface area contributed by atoms with E-state index in [4.69, 9.17) is 9.84 Å². The lowest BCUT2D eigenvalue weighted by Gasteiger charge is -2.47. The third-order valence-electron chi connectivity index (χ3n) is 8.44. The maximum atomic E-state index is 13.1. The van der Waals surface area contributed by atoms with Crippen molar-refractivity contribution in [2.45, 2.75) is 57.3 Å². The normalized spacial score (nSPS) is 22.3. The molecule has 7 rings (SSSR count). The van der Waals surface area contributed by atoms with Gasteiger partial charge in [0.05, 0.1) is 23.3 Å². The molecule has 0 aliphatic carbocycles. The zero-order valence-corrected chi connectivity index (χ0v) is 21.6. The number of likely N-dealkylation sites (tertiary alicyclic amines) is 1. The SMILES string of the molecule is CCC1(n2nc(Nc3ccc(C(=O)N4C[C@H]5C[C@@H](C4)O5)c(C)c3)c3c(=O)[nH]ccc32)CCN(C(=O)O)CC1. The summed E-state index contributed by atoms with van der Waals surface area (Å²) in [6.45, 7) is 6.06. The van der Waals surface area contributed by atoms with Crippen LogP contribution in [0.4, 0.5) is 16.3 Å². The van der Waals surface area contributed by atoms with Crippen LogP contribution in [-0.2, 0) is 10.3 Å². The highest BCUT2D eigenvalue weighted by molar-refractivity contribution is 5.97. The van der Waals surface area contributed by atoms with Gasteiger partial charge in [0.15, 0.2) is 5.82 Å². The van der Waals surface area contributed by atoms with Crippen molar-refractivity contribution < 1.29 is 19.4 Å². The molecule has 4 aliphatic heterocycles. The number of nitrogens with one attached hydrogen (secondary N) is 2. The molecular formula is C27H32N6O5. The largest absolute Gasteiger partial charge is 0.465 e. The van der Waals surface area contributed by atoms with Crippen LogP contribution in [0.2, 0.25) is 0 Å². The summed E-state index contributed by atoms with van der Waals surface area (Å²) >= 11 is 0. The van der Waals surface area contributed by atoms with Crippen LogP contribution in [0.1, 0.15) is 48.5 Å². The van der Waals surface area contributed by atoms with Gasteiger partial charge in [0.25, 0.3) is 11.5 Å². The lowest BCUT2D eigenvalue weighted by molar-refractivity contribution is -0.171. The van der Waals surface area contributed by atoms with Crippen LogP contribution in [0.15, 0.2) is 35.3 Å². The van der Waals surface area contributed by atoms with Crippen molar-refractivity contribution in [2.24, 2.45) is 0 Å². The molecule has 3 aromatic rings. The van der Waals surface area contributed by atoms with E-state index in [0.717, 1.165) is 24.1 Å². The molecule has 0 unspecified atom stereocenters. The number of amides is 2. The van der Waals surface area contributed by atoms with Gasteiger partial charge < -0.3 is 29.9 Å². The molecule has 2 atom stereocenters. The number of carbonyl (C=O) groups is 2. The third kappa shape index (κ3) is 4.01. The average molecular weight is 521 g/mol. The van der Waals surface area contributed by atoms with E-state index >= 15 is 0 Å². The minimum absolute atomic E-state index is 0.0100. The van der Waals surface area contributed by atoms with Crippen LogP contribution < -0.4 is 10.9 Å². The van der Waals surface area contributed by atoms with Gasteiger partial charge >= 0.3 is 6.09 Å². The first-order valence-corrected chi connectivity index (χ1v) is 13.2. The number of hydrogen-bond acceptors (Lipinski definition) is 6. The van der Waals surface area contributed by atoms with Crippen LogP contribution >= 0.6 is 0 Å². The molecule has 0 radical (unpaired) electrons. The Morgan fingerprint density at radius 2 is 1.89 bits per heavy atom. The topological polar surface area (TPSA) is 133 Å². The van der Waals surface area contributed by atoms with Crippen LogP contribution in [0.25, 0.3) is 10.9 Å². The summed E-state index contributed by atoms with van der Waals surface area (Å²) in [4.78, 5) is 43.6. The minimum Gasteiger partial charge on any atom is -0.465 e. The van der Waals surface area contributed by atoms with E-state index in [0.29, 0.717) is 61.3 Å². The Hall–Kier alpha value is -3.86. The second-order valence-electron chi connectivity index (χ2n) is 10.7. The highest BCUT2D eigenvalue weighted by Gasteiger charge is 2.41. The van der Waals surface area contributed by atoms with Gasteiger partial charge in [0, 0.05) is 50.0 Å². The fraction of sp³-hybridized carbons (Fsp3) is 0.481. The van der Waals surface area contributed by atoms with Crippen molar-refractivity contribution in [3.05, 3.63) is 51.9 Å². The molecule has 200 valence electrons. The van der Waals surface area contributed by atoms with Crippen molar-refractivity contribution in [2.75, 3.05) is 31.5 Å². The standard InChI is InChI=1S/C27H32N6O5/c1-3-27(7-10-31(11-8-27)26(36)37)33-21-6-9-28-24(34)22(21)23(30-33)29-17-4-5-20(16(2)12-17)25(35)32-14-18-13-19(15-32)38-18/h4-6,9,12,18-19H,3,7-8,10-11,13-15H2,1-2H3,(H,28,34)(H,29,30)(H,36,37)/t18-,19+. The summed E-state index contributed by atoms with van der Waals surface area (Å²) in [6, 6.07) is 7.40. The number of carbonyl (C=O) groups excluding carboxylic acids is 1. The second kappa shape index (κ2) is 9.16. The van der Waals surface area contributed by atoms with E-state index in [1.807, 2.05) is 40.8 Å². The highest BCUT2D eigenvalue weighted by Crippen LogP contribution is 2.37. The van der Waals surface area contributed by atoms with Crippen molar-refractivity contribution in [3.63, 3.8) is 0 Å². The van der Waals surface area contributed by atoms with Gasteiger partial charge in [-0.15, -0.1) is 0 Å². The Balaban J connectivity index is 1.30. The molecule has 38 heavy (non-hydrogen) atoms. The number of morpholine rings is 1. The van der Waals surface area contributed by atoms with Gasteiger partial charge in [-0.25, -0.2) is 4.79 Å². The summed E-state index contributed by atoms with van der Waals surface area (Å²) in [5, 5.41) is 18.1. The van der Waals surface area contributed by atoms with E-state index in [1.165, 1.54) is 4.90 Å². The highest BCUT2D eigenvalue weighted by atomic mass is 16.5. The first-order valence-electron chi connectivity index (χ1n) is 13.2. The molecule has 4 aliphatic rings. The number of anilines is 2. The summed E-state index contributed by atoms with van der Waals surface area (Å²) in [5.74, 6) is 0.442. The van der Waals surface area contributed by atoms with Crippen molar-refractivity contribution in [1.82, 2.24) is 24.6 Å². The van der Waals surface area contributed by atoms with Gasteiger partial charge in [0.2, 0.25) is 0 Å². The third-order valence-corrected chi connectivity index (χ3v) is 8.44. The summed E-state index contributed by atoms with van der Waals surface area (Å²) < 4.78 is 7.57. The van der Waals surface area contributed by atoms with Gasteiger partial charge in [-0.3, -0.25) is 14.3 Å². The maximum absolute atomic E-state index is 13.1. The second-order valence-corrected chi connectivity index (χ2v) is 10.7. The number of benzene rings is 1. The molecule has 11 heteroatoms. The molecular weight excluding hydrogens is 488 g/mol. The molecule has 3 N–H and O–H groups in total. The number of ether oxygens (including phenoxy) is 1. The lowest BCUT2D eigenvalue weighted by atomic mass is 9.85. The number of pyridine rings is 1. The number of carboxylic acid groups (broad SMARTS) is 1. The van der Waals surface area contributed by atoms with Crippen LogP contribution in [-0.4, -0.2) is 80.1 Å². The Morgan fingerprint density at radius 1 is 1.18 bits per heavy atom. The number of aryl methyl sites for hydroxylation is 1. The van der Waals surface area contributed by atoms with Crippen LogP contribution in [0.3, 0.4) is 0 Å². The molecule has 0 spiro atoms. The Morgan fingerprint density at radius 3 is 2.53 bits per heavy atom. The van der Waals surface area contributed by atoms with Gasteiger partial charge in [-0.2, -0.15) is 5.10 Å². The molecule has 2 amide bonds. The van der Waals surface area contributed by atoms with E-state index in [-0.39, 0.29) is 23.7 Å². The summed E-state index contributed by atoms with van der Waals surface area (Å²) in [6.07, 6.45) is 4.01. The molecule has 2 bridgehead atoms. The van der Waals surface area contributed by atoms with E-state index in [9.17, 15) is 19.5 Å². The van der Waals surface area contributed by atoms with Gasteiger partial charge in [-0.05, 0) is 56.0 Å². The first-order chi connectivity index (χ1) is 18.3. The number of H-pyrrole nitrogens is 1. The Bertz CT molecular complexity index is 1450.